The van der Waals surface area contributed by atoms with Crippen molar-refractivity contribution in [3.63, 3.8) is 0 Å². The predicted octanol–water partition coefficient (Wildman–Crippen LogP) is 3.96. The van der Waals surface area contributed by atoms with Gasteiger partial charge in [-0.05, 0) is 43.9 Å². The molecule has 1 fully saturated rings. The van der Waals surface area contributed by atoms with Gasteiger partial charge in [-0.3, -0.25) is 0 Å². The summed E-state index contributed by atoms with van der Waals surface area (Å²) in [4.78, 5) is 11.5. The van der Waals surface area contributed by atoms with Crippen molar-refractivity contribution < 1.29 is 9.47 Å². The summed E-state index contributed by atoms with van der Waals surface area (Å²) in [6.45, 7) is 10.4. The summed E-state index contributed by atoms with van der Waals surface area (Å²) < 4.78 is 13.3. The lowest BCUT2D eigenvalue weighted by Crippen LogP contribution is -2.49. The average Bonchev–Trinajstić information content (AvgIpc) is 3.27. The molecule has 0 radical (unpaired) electrons. The molecule has 1 aromatic heterocycles. The molecule has 0 amide bonds. The summed E-state index contributed by atoms with van der Waals surface area (Å²) in [5.41, 5.74) is 1.09. The molecule has 1 aliphatic heterocycles. The third-order valence-corrected chi connectivity index (χ3v) is 5.40. The number of imidazole rings is 1. The minimum atomic E-state index is 0. The van der Waals surface area contributed by atoms with E-state index >= 15 is 0 Å². The second kappa shape index (κ2) is 12.0. The molecule has 0 bridgehead atoms. The molecule has 2 atom stereocenters. The number of rotatable bonds is 7. The molecule has 3 rings (SSSR count). The number of guanidine groups is 1. The fraction of sp³-hybridized carbons (Fsp3) is 0.545. The van der Waals surface area contributed by atoms with Crippen LogP contribution < -0.4 is 14.8 Å². The second-order valence-corrected chi connectivity index (χ2v) is 7.38. The minimum Gasteiger partial charge on any atom is -0.493 e. The lowest BCUT2D eigenvalue weighted by atomic mass is 9.93. The van der Waals surface area contributed by atoms with E-state index < -0.39 is 0 Å². The van der Waals surface area contributed by atoms with E-state index in [9.17, 15) is 0 Å². The summed E-state index contributed by atoms with van der Waals surface area (Å²) in [6.07, 6.45) is 6.95. The Morgan fingerprint density at radius 1 is 1.30 bits per heavy atom. The van der Waals surface area contributed by atoms with Gasteiger partial charge in [-0.1, -0.05) is 13.0 Å². The lowest BCUT2D eigenvalue weighted by Gasteiger charge is -2.39. The van der Waals surface area contributed by atoms with Crippen LogP contribution in [0.15, 0.2) is 41.9 Å². The minimum absolute atomic E-state index is 0. The summed E-state index contributed by atoms with van der Waals surface area (Å²) in [7, 11) is 1.67. The molecule has 0 aliphatic carbocycles. The average molecular weight is 527 g/mol. The fourth-order valence-electron chi connectivity index (χ4n) is 3.77. The van der Waals surface area contributed by atoms with Crippen molar-refractivity contribution in [1.82, 2.24) is 19.8 Å². The number of likely N-dealkylation sites (tertiary alicyclic amines) is 1. The highest BCUT2D eigenvalue weighted by atomic mass is 127. The zero-order valence-electron chi connectivity index (χ0n) is 18.4. The van der Waals surface area contributed by atoms with Crippen molar-refractivity contribution >= 4 is 29.9 Å². The quantitative estimate of drug-likeness (QED) is 0.336. The van der Waals surface area contributed by atoms with Crippen LogP contribution in [0, 0.1) is 5.92 Å². The highest BCUT2D eigenvalue weighted by Crippen LogP contribution is 2.29. The van der Waals surface area contributed by atoms with E-state index in [1.165, 1.54) is 0 Å². The van der Waals surface area contributed by atoms with Gasteiger partial charge in [0.2, 0.25) is 0 Å². The van der Waals surface area contributed by atoms with Crippen LogP contribution in [-0.4, -0.2) is 53.8 Å². The van der Waals surface area contributed by atoms with Gasteiger partial charge in [0.05, 0.1) is 32.6 Å². The number of benzene rings is 1. The van der Waals surface area contributed by atoms with Crippen molar-refractivity contribution in [2.75, 3.05) is 33.4 Å². The summed E-state index contributed by atoms with van der Waals surface area (Å²) in [5.74, 6) is 3.08. The maximum atomic E-state index is 5.61. The van der Waals surface area contributed by atoms with Gasteiger partial charge in [-0.25, -0.2) is 9.98 Å². The van der Waals surface area contributed by atoms with Crippen LogP contribution >= 0.6 is 24.0 Å². The molecule has 1 aliphatic rings. The van der Waals surface area contributed by atoms with E-state index in [1.54, 1.807) is 7.11 Å². The molecule has 1 saturated heterocycles. The number of nitrogens with one attached hydrogen (secondary N) is 1. The van der Waals surface area contributed by atoms with Crippen molar-refractivity contribution in [2.24, 2.45) is 10.9 Å². The molecule has 0 saturated carbocycles. The van der Waals surface area contributed by atoms with Crippen LogP contribution in [0.1, 0.15) is 38.8 Å². The molecule has 7 nitrogen and oxygen atoms in total. The molecule has 1 N–H and O–H groups in total. The third kappa shape index (κ3) is 6.02. The first-order valence-electron chi connectivity index (χ1n) is 10.5. The molecular weight excluding hydrogens is 493 g/mol. The monoisotopic (exact) mass is 527 g/mol. The van der Waals surface area contributed by atoms with Crippen molar-refractivity contribution in [3.8, 4) is 11.5 Å². The van der Waals surface area contributed by atoms with Gasteiger partial charge in [0, 0.05) is 32.0 Å². The maximum absolute atomic E-state index is 5.61. The Balaban J connectivity index is 0.00000320. The molecule has 2 heterocycles. The Kier molecular flexibility index (Phi) is 9.74. The number of hydrogen-bond acceptors (Lipinski definition) is 4. The van der Waals surface area contributed by atoms with Crippen molar-refractivity contribution in [1.29, 1.82) is 0 Å². The largest absolute Gasteiger partial charge is 0.493 e. The predicted molar refractivity (Wildman–Crippen MR) is 131 cm³/mol. The van der Waals surface area contributed by atoms with Crippen LogP contribution in [0.25, 0.3) is 0 Å². The number of ether oxygens (including phenoxy) is 2. The Morgan fingerprint density at radius 3 is 2.80 bits per heavy atom. The van der Waals surface area contributed by atoms with E-state index in [0.717, 1.165) is 49.1 Å². The van der Waals surface area contributed by atoms with Crippen LogP contribution in [0.2, 0.25) is 0 Å². The molecule has 30 heavy (non-hydrogen) atoms. The summed E-state index contributed by atoms with van der Waals surface area (Å²) >= 11 is 0. The molecule has 0 spiro atoms. The number of hydrogen-bond donors (Lipinski definition) is 1. The van der Waals surface area contributed by atoms with E-state index in [2.05, 4.69) is 39.8 Å². The zero-order chi connectivity index (χ0) is 20.6. The Hall–Kier alpha value is -1.97. The van der Waals surface area contributed by atoms with E-state index in [0.29, 0.717) is 25.1 Å². The van der Waals surface area contributed by atoms with Crippen LogP contribution in [0.4, 0.5) is 0 Å². The third-order valence-electron chi connectivity index (χ3n) is 5.40. The smallest absolute Gasteiger partial charge is 0.194 e. The molecular formula is C22H34IN5O2. The van der Waals surface area contributed by atoms with Crippen molar-refractivity contribution in [2.45, 2.75) is 39.8 Å². The van der Waals surface area contributed by atoms with E-state index in [1.807, 2.05) is 37.6 Å². The van der Waals surface area contributed by atoms with Gasteiger partial charge in [-0.2, -0.15) is 0 Å². The molecule has 2 aromatic rings. The normalized spacial score (nSPS) is 19.2. The highest BCUT2D eigenvalue weighted by Gasteiger charge is 2.28. The first-order chi connectivity index (χ1) is 14.2. The number of halogens is 1. The molecule has 1 aromatic carbocycles. The van der Waals surface area contributed by atoms with Crippen molar-refractivity contribution in [3.05, 3.63) is 42.5 Å². The van der Waals surface area contributed by atoms with Gasteiger partial charge >= 0.3 is 0 Å². The summed E-state index contributed by atoms with van der Waals surface area (Å²) in [6, 6.07) is 6.41. The van der Waals surface area contributed by atoms with Gasteiger partial charge < -0.3 is 24.3 Å². The summed E-state index contributed by atoms with van der Waals surface area (Å²) in [5, 5.41) is 3.46. The first-order valence-corrected chi connectivity index (χ1v) is 10.5. The first kappa shape index (κ1) is 24.3. The lowest BCUT2D eigenvalue weighted by molar-refractivity contribution is 0.189. The Labute approximate surface area is 196 Å². The van der Waals surface area contributed by atoms with Crippen LogP contribution in [-0.2, 0) is 6.54 Å². The van der Waals surface area contributed by atoms with Gasteiger partial charge in [0.1, 0.15) is 0 Å². The van der Waals surface area contributed by atoms with E-state index in [-0.39, 0.29) is 24.0 Å². The fourth-order valence-corrected chi connectivity index (χ4v) is 3.77. The maximum Gasteiger partial charge on any atom is 0.194 e. The van der Waals surface area contributed by atoms with Crippen LogP contribution in [0.5, 0.6) is 11.5 Å². The highest BCUT2D eigenvalue weighted by molar-refractivity contribution is 14.0. The van der Waals surface area contributed by atoms with Gasteiger partial charge in [0.25, 0.3) is 0 Å². The molecule has 166 valence electrons. The van der Waals surface area contributed by atoms with Gasteiger partial charge in [-0.15, -0.1) is 24.0 Å². The van der Waals surface area contributed by atoms with Gasteiger partial charge in [0.15, 0.2) is 17.5 Å². The molecule has 8 heteroatoms. The number of methoxy groups -OCH3 is 1. The zero-order valence-corrected chi connectivity index (χ0v) is 20.7. The van der Waals surface area contributed by atoms with Crippen LogP contribution in [0.3, 0.4) is 0 Å². The SMILES string of the molecule is CCNC(=NCc1ccc(OCC)c(OC)c1)N1CCC(C)C(n2ccnc2)C1.I. The number of nitrogens with zero attached hydrogens (tertiary/aromatic N) is 4. The number of piperidine rings is 1. The number of aromatic nitrogens is 2. The molecule has 2 unspecified atom stereocenters. The standard InChI is InChI=1S/C22H33N5O2.HI/c1-5-24-22(25-14-18-7-8-20(29-6-2)21(13-18)28-4)26-11-9-17(3)19(15-26)27-12-10-23-16-27;/h7-8,10,12-13,16-17,19H,5-6,9,11,14-15H2,1-4H3,(H,24,25);1H. The Bertz CT molecular complexity index is 797. The number of aliphatic imine (C=N–C) groups is 1. The Morgan fingerprint density at radius 2 is 2.13 bits per heavy atom. The topological polar surface area (TPSA) is 63.9 Å². The second-order valence-electron chi connectivity index (χ2n) is 7.38. The van der Waals surface area contributed by atoms with E-state index in [4.69, 9.17) is 14.5 Å².